The lowest BCUT2D eigenvalue weighted by Crippen LogP contribution is -1.96. The number of carbonyl (C=O) groups is 1. The van der Waals surface area contributed by atoms with Gasteiger partial charge in [0.15, 0.2) is 0 Å². The van der Waals surface area contributed by atoms with Gasteiger partial charge in [0.25, 0.3) is 0 Å². The maximum Gasteiger partial charge on any atom is 0.335 e. The van der Waals surface area contributed by atoms with Crippen molar-refractivity contribution in [2.45, 2.75) is 0 Å². The van der Waals surface area contributed by atoms with Crippen LogP contribution in [-0.2, 0) is 0 Å². The maximum atomic E-state index is 10.8. The molecule has 0 atom stereocenters. The lowest BCUT2D eigenvalue weighted by atomic mass is 10.2. The standard InChI is InChI=1S/C14H7BrClNO3/c15-10-3-1-9(7-17)13(6-10)20-12-4-2-8(14(18)19)5-11(12)16/h1-6H,(H,18,19). The molecular weight excluding hydrogens is 346 g/mol. The van der Waals surface area contributed by atoms with Crippen molar-refractivity contribution in [1.82, 2.24) is 0 Å². The van der Waals surface area contributed by atoms with Crippen molar-refractivity contribution >= 4 is 33.5 Å². The zero-order valence-electron chi connectivity index (χ0n) is 9.93. The minimum Gasteiger partial charge on any atom is -0.478 e. The summed E-state index contributed by atoms with van der Waals surface area (Å²) in [6.45, 7) is 0. The Hall–Kier alpha value is -2.03. The number of halogens is 2. The average molecular weight is 353 g/mol. The smallest absolute Gasteiger partial charge is 0.335 e. The van der Waals surface area contributed by atoms with E-state index in [2.05, 4.69) is 15.9 Å². The fraction of sp³-hybridized carbons (Fsp3) is 0. The molecule has 0 heterocycles. The van der Waals surface area contributed by atoms with E-state index in [0.717, 1.165) is 4.47 Å². The number of carboxylic acid groups (broad SMARTS) is 1. The first-order valence-corrected chi connectivity index (χ1v) is 6.58. The molecule has 4 nitrogen and oxygen atoms in total. The number of aromatic carboxylic acids is 1. The number of hydrogen-bond acceptors (Lipinski definition) is 3. The van der Waals surface area contributed by atoms with Crippen LogP contribution < -0.4 is 4.74 Å². The third-order valence-electron chi connectivity index (χ3n) is 2.46. The minimum atomic E-state index is -1.07. The van der Waals surface area contributed by atoms with Crippen molar-refractivity contribution < 1.29 is 14.6 Å². The molecule has 0 aliphatic heterocycles. The maximum absolute atomic E-state index is 10.8. The summed E-state index contributed by atoms with van der Waals surface area (Å²) < 4.78 is 6.32. The van der Waals surface area contributed by atoms with E-state index in [1.165, 1.54) is 18.2 Å². The molecule has 2 aromatic carbocycles. The predicted molar refractivity (Wildman–Crippen MR) is 77.3 cm³/mol. The second kappa shape index (κ2) is 5.95. The molecule has 0 aromatic heterocycles. The first-order valence-electron chi connectivity index (χ1n) is 5.41. The fourth-order valence-corrected chi connectivity index (χ4v) is 2.07. The Morgan fingerprint density at radius 1 is 1.25 bits per heavy atom. The Labute approximate surface area is 128 Å². The third kappa shape index (κ3) is 3.10. The molecule has 0 saturated heterocycles. The van der Waals surface area contributed by atoms with Crippen LogP contribution in [0.5, 0.6) is 11.5 Å². The summed E-state index contributed by atoms with van der Waals surface area (Å²) in [7, 11) is 0. The summed E-state index contributed by atoms with van der Waals surface area (Å²) >= 11 is 9.26. The first-order chi connectivity index (χ1) is 9.51. The predicted octanol–water partition coefficient (Wildman–Crippen LogP) is 4.46. The summed E-state index contributed by atoms with van der Waals surface area (Å²) in [6, 6.07) is 11.1. The van der Waals surface area contributed by atoms with Crippen molar-refractivity contribution in [2.24, 2.45) is 0 Å². The molecule has 0 aliphatic rings. The van der Waals surface area contributed by atoms with Gasteiger partial charge < -0.3 is 9.84 Å². The molecule has 0 saturated carbocycles. The highest BCUT2D eigenvalue weighted by Crippen LogP contribution is 2.33. The quantitative estimate of drug-likeness (QED) is 0.885. The number of rotatable bonds is 3. The van der Waals surface area contributed by atoms with Crippen LogP contribution in [-0.4, -0.2) is 11.1 Å². The zero-order chi connectivity index (χ0) is 14.7. The topological polar surface area (TPSA) is 70.3 Å². The monoisotopic (exact) mass is 351 g/mol. The van der Waals surface area contributed by atoms with Crippen LogP contribution >= 0.6 is 27.5 Å². The van der Waals surface area contributed by atoms with E-state index in [0.29, 0.717) is 11.3 Å². The van der Waals surface area contributed by atoms with Gasteiger partial charge in [0.1, 0.15) is 17.6 Å². The summed E-state index contributed by atoms with van der Waals surface area (Å²) in [5.74, 6) is -0.447. The summed E-state index contributed by atoms with van der Waals surface area (Å²) in [4.78, 5) is 10.8. The molecule has 2 aromatic rings. The summed E-state index contributed by atoms with van der Waals surface area (Å²) in [6.07, 6.45) is 0. The van der Waals surface area contributed by atoms with E-state index in [4.69, 9.17) is 26.7 Å². The molecule has 0 fully saturated rings. The van der Waals surface area contributed by atoms with Gasteiger partial charge in [0.2, 0.25) is 0 Å². The van der Waals surface area contributed by atoms with Crippen LogP contribution in [0.15, 0.2) is 40.9 Å². The summed E-state index contributed by atoms with van der Waals surface area (Å²) in [5.41, 5.74) is 0.420. The molecule has 100 valence electrons. The molecule has 0 spiro atoms. The van der Waals surface area contributed by atoms with Crippen LogP contribution in [0.3, 0.4) is 0 Å². The second-order valence-electron chi connectivity index (χ2n) is 3.80. The number of nitriles is 1. The highest BCUT2D eigenvalue weighted by atomic mass is 79.9. The first kappa shape index (κ1) is 14.4. The number of nitrogens with zero attached hydrogens (tertiary/aromatic N) is 1. The Bertz CT molecular complexity index is 725. The van der Waals surface area contributed by atoms with Gasteiger partial charge in [-0.3, -0.25) is 0 Å². The van der Waals surface area contributed by atoms with Gasteiger partial charge in [-0.1, -0.05) is 27.5 Å². The van der Waals surface area contributed by atoms with Crippen LogP contribution in [0.25, 0.3) is 0 Å². The van der Waals surface area contributed by atoms with Gasteiger partial charge >= 0.3 is 5.97 Å². The fourth-order valence-electron chi connectivity index (χ4n) is 1.51. The Morgan fingerprint density at radius 2 is 2.00 bits per heavy atom. The van der Waals surface area contributed by atoms with Crippen LogP contribution in [0.4, 0.5) is 0 Å². The molecule has 0 bridgehead atoms. The summed E-state index contributed by atoms with van der Waals surface area (Å²) in [5, 5.41) is 18.0. The molecule has 0 unspecified atom stereocenters. The van der Waals surface area contributed by atoms with Crippen LogP contribution in [0.2, 0.25) is 5.02 Å². The number of hydrogen-bond donors (Lipinski definition) is 1. The van der Waals surface area contributed by atoms with E-state index >= 15 is 0 Å². The lowest BCUT2D eigenvalue weighted by molar-refractivity contribution is 0.0697. The molecule has 0 radical (unpaired) electrons. The van der Waals surface area contributed by atoms with E-state index in [-0.39, 0.29) is 16.3 Å². The van der Waals surface area contributed by atoms with Gasteiger partial charge in [-0.2, -0.15) is 5.26 Å². The van der Waals surface area contributed by atoms with E-state index in [1.54, 1.807) is 18.2 Å². The highest BCUT2D eigenvalue weighted by molar-refractivity contribution is 9.10. The minimum absolute atomic E-state index is 0.0668. The Balaban J connectivity index is 2.38. The lowest BCUT2D eigenvalue weighted by Gasteiger charge is -2.10. The number of benzene rings is 2. The van der Waals surface area contributed by atoms with E-state index in [9.17, 15) is 4.79 Å². The van der Waals surface area contributed by atoms with Gasteiger partial charge in [0.05, 0.1) is 16.1 Å². The number of carboxylic acids is 1. The van der Waals surface area contributed by atoms with E-state index in [1.807, 2.05) is 6.07 Å². The normalized spacial score (nSPS) is 9.85. The van der Waals surface area contributed by atoms with Gasteiger partial charge in [-0.05, 0) is 36.4 Å². The molecule has 1 N–H and O–H groups in total. The third-order valence-corrected chi connectivity index (χ3v) is 3.25. The second-order valence-corrected chi connectivity index (χ2v) is 5.13. The van der Waals surface area contributed by atoms with Gasteiger partial charge in [-0.15, -0.1) is 0 Å². The average Bonchev–Trinajstić information content (AvgIpc) is 2.41. The highest BCUT2D eigenvalue weighted by Gasteiger charge is 2.11. The van der Waals surface area contributed by atoms with Gasteiger partial charge in [-0.25, -0.2) is 4.79 Å². The molecule has 0 amide bonds. The zero-order valence-corrected chi connectivity index (χ0v) is 12.3. The van der Waals surface area contributed by atoms with Crippen molar-refractivity contribution in [2.75, 3.05) is 0 Å². The van der Waals surface area contributed by atoms with Crippen molar-refractivity contribution in [3.63, 3.8) is 0 Å². The largest absolute Gasteiger partial charge is 0.478 e. The molecule has 6 heteroatoms. The van der Waals surface area contributed by atoms with Gasteiger partial charge in [0, 0.05) is 4.47 Å². The Morgan fingerprint density at radius 3 is 2.60 bits per heavy atom. The molecule has 20 heavy (non-hydrogen) atoms. The molecule has 0 aliphatic carbocycles. The Kier molecular flexibility index (Phi) is 4.28. The van der Waals surface area contributed by atoms with Crippen molar-refractivity contribution in [1.29, 1.82) is 5.26 Å². The van der Waals surface area contributed by atoms with Crippen LogP contribution in [0.1, 0.15) is 15.9 Å². The van der Waals surface area contributed by atoms with Crippen molar-refractivity contribution in [3.05, 3.63) is 57.0 Å². The number of ether oxygens (including phenoxy) is 1. The van der Waals surface area contributed by atoms with Crippen LogP contribution in [0, 0.1) is 11.3 Å². The molecular formula is C14H7BrClNO3. The van der Waals surface area contributed by atoms with Crippen molar-refractivity contribution in [3.8, 4) is 17.6 Å². The van der Waals surface area contributed by atoms with E-state index < -0.39 is 5.97 Å². The SMILES string of the molecule is N#Cc1ccc(Br)cc1Oc1ccc(C(=O)O)cc1Cl. The molecule has 2 rings (SSSR count).